The summed E-state index contributed by atoms with van der Waals surface area (Å²) in [5, 5.41) is 17.0. The average Bonchev–Trinajstić information content (AvgIpc) is 2.76. The van der Waals surface area contributed by atoms with Crippen LogP contribution in [-0.2, 0) is 0 Å². The van der Waals surface area contributed by atoms with Crippen molar-refractivity contribution in [2.45, 2.75) is 32.4 Å². The van der Waals surface area contributed by atoms with Gasteiger partial charge in [0.05, 0.1) is 12.1 Å². The Morgan fingerprint density at radius 2 is 1.41 bits per heavy atom. The minimum absolute atomic E-state index is 0.0137. The maximum absolute atomic E-state index is 11.0. The number of aliphatic hydroxyl groups is 1. The molecule has 0 aliphatic heterocycles. The molecule has 4 aromatic rings. The molecule has 2 atom stereocenters. The van der Waals surface area contributed by atoms with Crippen LogP contribution >= 0.6 is 0 Å². The van der Waals surface area contributed by atoms with Crippen LogP contribution in [0.2, 0.25) is 0 Å². The second-order valence-electron chi connectivity index (χ2n) is 7.76. The number of rotatable bonds is 6. The average molecular weight is 382 g/mol. The quantitative estimate of drug-likeness (QED) is 0.388. The molecule has 0 aliphatic carbocycles. The Kier molecular flexibility index (Phi) is 5.64. The lowest BCUT2D eigenvalue weighted by Gasteiger charge is -2.24. The molecule has 0 fully saturated rings. The topological polar surface area (TPSA) is 32.3 Å². The fourth-order valence-corrected chi connectivity index (χ4v) is 3.77. The first kappa shape index (κ1) is 19.2. The Labute approximate surface area is 172 Å². The van der Waals surface area contributed by atoms with Gasteiger partial charge in [0.25, 0.3) is 0 Å². The van der Waals surface area contributed by atoms with Crippen molar-refractivity contribution in [3.05, 3.63) is 113 Å². The number of hydrogen-bond acceptors (Lipinski definition) is 2. The Balaban J connectivity index is 1.60. The Hall–Kier alpha value is -3.10. The standard InChI is InChI=1S/C27H27NO/c1-19-12-15-25(16-20(19)2)28-26(22-9-4-3-5-10-22)18-27(29)24-14-13-21-8-6-7-11-23(21)17-24/h3-17,26-29H,18H2,1-2H3. The van der Waals surface area contributed by atoms with Gasteiger partial charge in [-0.2, -0.15) is 0 Å². The van der Waals surface area contributed by atoms with E-state index in [4.69, 9.17) is 0 Å². The molecule has 2 unspecified atom stereocenters. The third-order valence-electron chi connectivity index (χ3n) is 5.67. The van der Waals surface area contributed by atoms with Crippen LogP contribution in [0.5, 0.6) is 0 Å². The summed E-state index contributed by atoms with van der Waals surface area (Å²) in [5.41, 5.74) is 5.74. The first-order chi connectivity index (χ1) is 14.1. The molecule has 0 saturated heterocycles. The van der Waals surface area contributed by atoms with E-state index in [-0.39, 0.29) is 6.04 Å². The van der Waals surface area contributed by atoms with Crippen molar-refractivity contribution in [2.75, 3.05) is 5.32 Å². The molecule has 0 aliphatic rings. The van der Waals surface area contributed by atoms with Gasteiger partial charge >= 0.3 is 0 Å². The third kappa shape index (κ3) is 4.49. The van der Waals surface area contributed by atoms with Gasteiger partial charge in [0, 0.05) is 12.1 Å². The van der Waals surface area contributed by atoms with Crippen LogP contribution in [0.25, 0.3) is 10.8 Å². The molecule has 146 valence electrons. The van der Waals surface area contributed by atoms with Crippen LogP contribution in [0.4, 0.5) is 5.69 Å². The van der Waals surface area contributed by atoms with E-state index < -0.39 is 6.10 Å². The molecule has 2 heteroatoms. The van der Waals surface area contributed by atoms with Gasteiger partial charge in [-0.1, -0.05) is 72.8 Å². The van der Waals surface area contributed by atoms with Gasteiger partial charge in [-0.25, -0.2) is 0 Å². The maximum atomic E-state index is 11.0. The summed E-state index contributed by atoms with van der Waals surface area (Å²) in [5.74, 6) is 0. The van der Waals surface area contributed by atoms with Gasteiger partial charge in [0.2, 0.25) is 0 Å². The summed E-state index contributed by atoms with van der Waals surface area (Å²) < 4.78 is 0. The fourth-order valence-electron chi connectivity index (χ4n) is 3.77. The number of fused-ring (bicyclic) bond motifs is 1. The highest BCUT2D eigenvalue weighted by Gasteiger charge is 2.18. The van der Waals surface area contributed by atoms with Gasteiger partial charge in [0.15, 0.2) is 0 Å². The molecule has 4 aromatic carbocycles. The number of aliphatic hydroxyl groups excluding tert-OH is 1. The van der Waals surface area contributed by atoms with Crippen LogP contribution < -0.4 is 5.32 Å². The van der Waals surface area contributed by atoms with Gasteiger partial charge in [-0.05, 0) is 65.1 Å². The summed E-state index contributed by atoms with van der Waals surface area (Å²) in [6, 6.07) is 31.3. The highest BCUT2D eigenvalue weighted by atomic mass is 16.3. The van der Waals surface area contributed by atoms with Crippen LogP contribution in [0.1, 0.15) is 40.8 Å². The van der Waals surface area contributed by atoms with Crippen LogP contribution in [-0.4, -0.2) is 5.11 Å². The van der Waals surface area contributed by atoms with Gasteiger partial charge in [-0.3, -0.25) is 0 Å². The number of benzene rings is 4. The normalized spacial score (nSPS) is 13.2. The van der Waals surface area contributed by atoms with Crippen molar-refractivity contribution in [1.29, 1.82) is 0 Å². The Morgan fingerprint density at radius 1 is 0.690 bits per heavy atom. The Morgan fingerprint density at radius 3 is 2.17 bits per heavy atom. The molecule has 0 heterocycles. The van der Waals surface area contributed by atoms with E-state index in [2.05, 4.69) is 73.8 Å². The molecule has 0 aromatic heterocycles. The van der Waals surface area contributed by atoms with E-state index in [9.17, 15) is 5.11 Å². The second kappa shape index (κ2) is 8.50. The second-order valence-corrected chi connectivity index (χ2v) is 7.76. The van der Waals surface area contributed by atoms with Gasteiger partial charge < -0.3 is 10.4 Å². The van der Waals surface area contributed by atoms with Gasteiger partial charge in [0.1, 0.15) is 0 Å². The number of hydrogen-bond donors (Lipinski definition) is 2. The van der Waals surface area contributed by atoms with E-state index in [0.29, 0.717) is 6.42 Å². The summed E-state index contributed by atoms with van der Waals surface area (Å²) in [6.45, 7) is 4.25. The van der Waals surface area contributed by atoms with Crippen LogP contribution in [0.15, 0.2) is 91.0 Å². The molecule has 2 nitrogen and oxygen atoms in total. The first-order valence-electron chi connectivity index (χ1n) is 10.2. The summed E-state index contributed by atoms with van der Waals surface area (Å²) in [4.78, 5) is 0. The minimum atomic E-state index is -0.552. The van der Waals surface area contributed by atoms with Crippen molar-refractivity contribution in [2.24, 2.45) is 0 Å². The van der Waals surface area contributed by atoms with Crippen molar-refractivity contribution >= 4 is 16.5 Å². The lowest BCUT2D eigenvalue weighted by atomic mass is 9.95. The van der Waals surface area contributed by atoms with E-state index in [1.165, 1.54) is 22.1 Å². The maximum Gasteiger partial charge on any atom is 0.0813 e. The van der Waals surface area contributed by atoms with E-state index >= 15 is 0 Å². The molecule has 0 saturated carbocycles. The molecule has 29 heavy (non-hydrogen) atoms. The summed E-state index contributed by atoms with van der Waals surface area (Å²) in [7, 11) is 0. The van der Waals surface area contributed by atoms with Crippen molar-refractivity contribution in [3.8, 4) is 0 Å². The largest absolute Gasteiger partial charge is 0.388 e. The SMILES string of the molecule is Cc1ccc(NC(CC(O)c2ccc3ccccc3c2)c2ccccc2)cc1C. The van der Waals surface area contributed by atoms with Crippen LogP contribution in [0.3, 0.4) is 0 Å². The highest BCUT2D eigenvalue weighted by Crippen LogP contribution is 2.31. The zero-order chi connectivity index (χ0) is 20.2. The number of aryl methyl sites for hydroxylation is 2. The number of anilines is 1. The molecular weight excluding hydrogens is 354 g/mol. The zero-order valence-corrected chi connectivity index (χ0v) is 17.0. The molecule has 0 spiro atoms. The predicted octanol–water partition coefficient (Wildman–Crippen LogP) is 6.73. The lowest BCUT2D eigenvalue weighted by molar-refractivity contribution is 0.161. The third-order valence-corrected chi connectivity index (χ3v) is 5.67. The smallest absolute Gasteiger partial charge is 0.0813 e. The highest BCUT2D eigenvalue weighted by molar-refractivity contribution is 5.83. The molecule has 2 N–H and O–H groups in total. The van der Waals surface area contributed by atoms with E-state index in [1.54, 1.807) is 0 Å². The molecule has 4 rings (SSSR count). The molecular formula is C27H27NO. The van der Waals surface area contributed by atoms with E-state index in [1.807, 2.05) is 36.4 Å². The predicted molar refractivity (Wildman–Crippen MR) is 122 cm³/mol. The molecule has 0 bridgehead atoms. The monoisotopic (exact) mass is 381 g/mol. The van der Waals surface area contributed by atoms with Gasteiger partial charge in [-0.15, -0.1) is 0 Å². The lowest BCUT2D eigenvalue weighted by Crippen LogP contribution is -2.15. The minimum Gasteiger partial charge on any atom is -0.388 e. The molecule has 0 amide bonds. The fraction of sp³-hybridized carbons (Fsp3) is 0.185. The Bertz CT molecular complexity index is 1100. The number of nitrogens with one attached hydrogen (secondary N) is 1. The van der Waals surface area contributed by atoms with Crippen molar-refractivity contribution < 1.29 is 5.11 Å². The van der Waals surface area contributed by atoms with E-state index in [0.717, 1.165) is 16.6 Å². The van der Waals surface area contributed by atoms with Crippen molar-refractivity contribution in [1.82, 2.24) is 0 Å². The van der Waals surface area contributed by atoms with Crippen molar-refractivity contribution in [3.63, 3.8) is 0 Å². The summed E-state index contributed by atoms with van der Waals surface area (Å²) in [6.07, 6.45) is 0.0406. The summed E-state index contributed by atoms with van der Waals surface area (Å²) >= 11 is 0. The van der Waals surface area contributed by atoms with Crippen LogP contribution in [0, 0.1) is 13.8 Å². The first-order valence-corrected chi connectivity index (χ1v) is 10.2. The zero-order valence-electron chi connectivity index (χ0n) is 17.0. The molecule has 0 radical (unpaired) electrons.